The predicted octanol–water partition coefficient (Wildman–Crippen LogP) is 6.67. The monoisotopic (exact) mass is 486 g/mol. The number of nitro groups is 1. The summed E-state index contributed by atoms with van der Waals surface area (Å²) in [5, 5.41) is 15.5. The third-order valence-corrected chi connectivity index (χ3v) is 7.56. The number of nitro benzene ring substituents is 1. The average Bonchev–Trinajstić information content (AvgIpc) is 3.28. The molecule has 7 nitrogen and oxygen atoms in total. The highest BCUT2D eigenvalue weighted by atomic mass is 32.1. The molecule has 0 bridgehead atoms. The van der Waals surface area contributed by atoms with Crippen molar-refractivity contribution in [2.24, 2.45) is 5.92 Å². The van der Waals surface area contributed by atoms with Crippen molar-refractivity contribution in [2.45, 2.75) is 26.7 Å². The van der Waals surface area contributed by atoms with Crippen molar-refractivity contribution in [1.82, 2.24) is 4.98 Å². The highest BCUT2D eigenvalue weighted by molar-refractivity contribution is 7.21. The van der Waals surface area contributed by atoms with Crippen molar-refractivity contribution < 1.29 is 9.72 Å². The van der Waals surface area contributed by atoms with Gasteiger partial charge in [-0.05, 0) is 79.8 Å². The van der Waals surface area contributed by atoms with Crippen molar-refractivity contribution in [3.8, 4) is 10.6 Å². The van der Waals surface area contributed by atoms with Gasteiger partial charge in [-0.3, -0.25) is 14.9 Å². The highest BCUT2D eigenvalue weighted by Gasteiger charge is 2.25. The zero-order valence-corrected chi connectivity index (χ0v) is 20.5. The van der Waals surface area contributed by atoms with E-state index >= 15 is 0 Å². The summed E-state index contributed by atoms with van der Waals surface area (Å²) < 4.78 is 1.14. The van der Waals surface area contributed by atoms with Crippen LogP contribution in [0.5, 0.6) is 0 Å². The fraction of sp³-hybridized carbons (Fsp3) is 0.259. The molecule has 2 heterocycles. The van der Waals surface area contributed by atoms with Crippen molar-refractivity contribution in [2.75, 3.05) is 23.3 Å². The SMILES string of the molecule is Cc1ccc2nc(-c3ccc(NC(=O)c4ccc(N5CCC(C)CC5)c([N+](=O)[O-])c4)cc3)sc2c1. The number of carbonyl (C=O) groups excluding carboxylic acids is 1. The van der Waals surface area contributed by atoms with Gasteiger partial charge in [-0.15, -0.1) is 11.3 Å². The van der Waals surface area contributed by atoms with E-state index in [0.29, 0.717) is 17.3 Å². The summed E-state index contributed by atoms with van der Waals surface area (Å²) in [6.45, 7) is 5.83. The molecule has 0 unspecified atom stereocenters. The lowest BCUT2D eigenvalue weighted by Gasteiger charge is -2.31. The van der Waals surface area contributed by atoms with Gasteiger partial charge in [0.1, 0.15) is 10.7 Å². The Hall–Kier alpha value is -3.78. The van der Waals surface area contributed by atoms with E-state index in [2.05, 4.69) is 25.2 Å². The van der Waals surface area contributed by atoms with E-state index in [1.54, 1.807) is 23.5 Å². The van der Waals surface area contributed by atoms with Crippen LogP contribution in [0.2, 0.25) is 0 Å². The van der Waals surface area contributed by atoms with Crippen molar-refractivity contribution in [3.63, 3.8) is 0 Å². The number of rotatable bonds is 5. The molecule has 0 atom stereocenters. The van der Waals surface area contributed by atoms with Gasteiger partial charge in [0.25, 0.3) is 11.6 Å². The Balaban J connectivity index is 1.32. The summed E-state index contributed by atoms with van der Waals surface area (Å²) in [6.07, 6.45) is 2.01. The van der Waals surface area contributed by atoms with Crippen LogP contribution in [-0.2, 0) is 0 Å². The Labute approximate surface area is 207 Å². The number of piperidine rings is 1. The molecule has 1 aliphatic rings. The molecule has 0 saturated carbocycles. The summed E-state index contributed by atoms with van der Waals surface area (Å²) in [5.74, 6) is 0.246. The van der Waals surface area contributed by atoms with Gasteiger partial charge in [-0.25, -0.2) is 4.98 Å². The van der Waals surface area contributed by atoms with Crippen LogP contribution in [0.25, 0.3) is 20.8 Å². The van der Waals surface area contributed by atoms with E-state index in [1.807, 2.05) is 41.3 Å². The van der Waals surface area contributed by atoms with E-state index in [9.17, 15) is 14.9 Å². The molecular formula is C27H26N4O3S. The second-order valence-electron chi connectivity index (χ2n) is 9.15. The molecule has 0 aliphatic carbocycles. The number of benzene rings is 3. The van der Waals surface area contributed by atoms with Crippen molar-refractivity contribution >= 4 is 44.5 Å². The van der Waals surface area contributed by atoms with Crippen LogP contribution in [0, 0.1) is 23.0 Å². The summed E-state index contributed by atoms with van der Waals surface area (Å²) in [4.78, 5) is 31.0. The first kappa shape index (κ1) is 23.0. The van der Waals surface area contributed by atoms with Crippen molar-refractivity contribution in [1.29, 1.82) is 0 Å². The minimum Gasteiger partial charge on any atom is -0.366 e. The predicted molar refractivity (Wildman–Crippen MR) is 141 cm³/mol. The molecule has 0 radical (unpaired) electrons. The van der Waals surface area contributed by atoms with Crippen molar-refractivity contribution in [3.05, 3.63) is 81.9 Å². The van der Waals surface area contributed by atoms with E-state index in [4.69, 9.17) is 4.98 Å². The second-order valence-corrected chi connectivity index (χ2v) is 10.2. The topological polar surface area (TPSA) is 88.4 Å². The molecule has 5 rings (SSSR count). The van der Waals surface area contributed by atoms with E-state index in [1.165, 1.54) is 11.6 Å². The minimum absolute atomic E-state index is 0.0337. The van der Waals surface area contributed by atoms with Gasteiger partial charge in [-0.1, -0.05) is 13.0 Å². The Kier molecular flexibility index (Phi) is 6.21. The third-order valence-electron chi connectivity index (χ3n) is 6.49. The fourth-order valence-electron chi connectivity index (χ4n) is 4.38. The highest BCUT2D eigenvalue weighted by Crippen LogP contribution is 2.33. The molecule has 1 aromatic heterocycles. The zero-order valence-electron chi connectivity index (χ0n) is 19.7. The Morgan fingerprint density at radius 2 is 1.83 bits per heavy atom. The maximum atomic E-state index is 12.9. The smallest absolute Gasteiger partial charge is 0.293 e. The quantitative estimate of drug-likeness (QED) is 0.251. The van der Waals surface area contributed by atoms with Crippen LogP contribution in [0.1, 0.15) is 35.7 Å². The number of nitrogens with one attached hydrogen (secondary N) is 1. The molecule has 8 heteroatoms. The summed E-state index contributed by atoms with van der Waals surface area (Å²) >= 11 is 1.63. The first-order valence-electron chi connectivity index (χ1n) is 11.7. The Bertz CT molecular complexity index is 1410. The molecule has 178 valence electrons. The molecule has 1 saturated heterocycles. The Morgan fingerprint density at radius 1 is 1.09 bits per heavy atom. The zero-order chi connectivity index (χ0) is 24.5. The molecule has 3 aromatic carbocycles. The number of thiazole rings is 1. The minimum atomic E-state index is -0.404. The number of nitrogens with zero attached hydrogens (tertiary/aromatic N) is 3. The van der Waals surface area contributed by atoms with Crippen LogP contribution >= 0.6 is 11.3 Å². The third kappa shape index (κ3) is 4.88. The number of aryl methyl sites for hydroxylation is 1. The van der Waals surface area contributed by atoms with Crippen LogP contribution in [0.3, 0.4) is 0 Å². The number of fused-ring (bicyclic) bond motifs is 1. The summed E-state index contributed by atoms with van der Waals surface area (Å²) in [6, 6.07) is 18.4. The van der Waals surface area contributed by atoms with Gasteiger partial charge in [0.2, 0.25) is 0 Å². The lowest BCUT2D eigenvalue weighted by Crippen LogP contribution is -2.33. The molecule has 1 fully saturated rings. The van der Waals surface area contributed by atoms with E-state index < -0.39 is 4.92 Å². The largest absolute Gasteiger partial charge is 0.366 e. The van der Waals surface area contributed by atoms with E-state index in [0.717, 1.165) is 46.7 Å². The lowest BCUT2D eigenvalue weighted by atomic mass is 9.98. The molecular weight excluding hydrogens is 460 g/mol. The molecule has 1 aliphatic heterocycles. The lowest BCUT2D eigenvalue weighted by molar-refractivity contribution is -0.384. The number of hydrogen-bond donors (Lipinski definition) is 1. The maximum absolute atomic E-state index is 12.9. The van der Waals surface area contributed by atoms with Gasteiger partial charge < -0.3 is 10.2 Å². The standard InChI is InChI=1S/C27H26N4O3S/c1-17-11-13-30(14-12-17)23-10-6-20(16-24(23)31(33)34)26(32)28-21-7-4-19(5-8-21)27-29-22-9-3-18(2)15-25(22)35-27/h3-10,15-17H,11-14H2,1-2H3,(H,28,32). The van der Waals surface area contributed by atoms with Gasteiger partial charge >= 0.3 is 0 Å². The van der Waals surface area contributed by atoms with Gasteiger partial charge in [0, 0.05) is 36.0 Å². The second kappa shape index (κ2) is 9.46. The summed E-state index contributed by atoms with van der Waals surface area (Å²) in [5.41, 5.74) is 4.56. The van der Waals surface area contributed by atoms with Gasteiger partial charge in [-0.2, -0.15) is 0 Å². The van der Waals surface area contributed by atoms with E-state index in [-0.39, 0.29) is 17.2 Å². The van der Waals surface area contributed by atoms with Crippen LogP contribution in [-0.4, -0.2) is 28.9 Å². The maximum Gasteiger partial charge on any atom is 0.293 e. The molecule has 0 spiro atoms. The van der Waals surface area contributed by atoms with Gasteiger partial charge in [0.15, 0.2) is 0 Å². The molecule has 1 amide bonds. The first-order valence-corrected chi connectivity index (χ1v) is 12.5. The van der Waals surface area contributed by atoms with Crippen LogP contribution in [0.15, 0.2) is 60.7 Å². The average molecular weight is 487 g/mol. The Morgan fingerprint density at radius 3 is 2.54 bits per heavy atom. The van der Waals surface area contributed by atoms with Crippen LogP contribution < -0.4 is 10.2 Å². The number of hydrogen-bond acceptors (Lipinski definition) is 6. The first-order chi connectivity index (χ1) is 16.9. The fourth-order valence-corrected chi connectivity index (χ4v) is 5.45. The molecule has 35 heavy (non-hydrogen) atoms. The number of amides is 1. The molecule has 1 N–H and O–H groups in total. The summed E-state index contributed by atoms with van der Waals surface area (Å²) in [7, 11) is 0. The van der Waals surface area contributed by atoms with Crippen LogP contribution in [0.4, 0.5) is 17.1 Å². The van der Waals surface area contributed by atoms with Gasteiger partial charge in [0.05, 0.1) is 15.1 Å². The molecule has 4 aromatic rings. The number of anilines is 2. The number of carbonyl (C=O) groups is 1. The number of aromatic nitrogens is 1. The normalized spacial score (nSPS) is 14.3.